The van der Waals surface area contributed by atoms with Crippen molar-refractivity contribution in [2.24, 2.45) is 0 Å². The summed E-state index contributed by atoms with van der Waals surface area (Å²) in [6.45, 7) is 2.89. The van der Waals surface area contributed by atoms with E-state index in [1.54, 1.807) is 36.2 Å². The van der Waals surface area contributed by atoms with Gasteiger partial charge in [0.2, 0.25) is 5.91 Å². The zero-order valence-electron chi connectivity index (χ0n) is 18.1. The van der Waals surface area contributed by atoms with Gasteiger partial charge >= 0.3 is 0 Å². The molecule has 0 saturated carbocycles. The molecular weight excluding hydrogens is 442 g/mol. The van der Waals surface area contributed by atoms with Crippen molar-refractivity contribution in [3.63, 3.8) is 0 Å². The lowest BCUT2D eigenvalue weighted by Gasteiger charge is -2.19. The molecule has 0 bridgehead atoms. The third-order valence-electron chi connectivity index (χ3n) is 5.13. The Bertz CT molecular complexity index is 1340. The average molecular weight is 464 g/mol. The third kappa shape index (κ3) is 4.17. The molecule has 0 radical (unpaired) electrons. The Balaban J connectivity index is 1.38. The molecule has 2 aromatic carbocycles. The molecule has 1 aliphatic rings. The number of methoxy groups -OCH3 is 1. The molecule has 2 aromatic heterocycles. The number of amides is 1. The summed E-state index contributed by atoms with van der Waals surface area (Å²) in [5, 5.41) is 17.5. The van der Waals surface area contributed by atoms with Crippen molar-refractivity contribution in [1.29, 1.82) is 0 Å². The molecule has 9 nitrogen and oxygen atoms in total. The maximum Gasteiger partial charge on any atom is 0.234 e. The SMILES string of the molecule is COc1ccccc1-n1ncc2c(C)nnc(SCC(=O)Nc3ccc4c(c3)OCCO4)c21. The molecular formula is C23H21N5O4S. The van der Waals surface area contributed by atoms with Crippen molar-refractivity contribution < 1.29 is 19.0 Å². The van der Waals surface area contributed by atoms with Crippen LogP contribution in [0.15, 0.2) is 53.7 Å². The predicted octanol–water partition coefficient (Wildman–Crippen LogP) is 3.63. The van der Waals surface area contributed by atoms with E-state index < -0.39 is 0 Å². The summed E-state index contributed by atoms with van der Waals surface area (Å²) >= 11 is 1.30. The van der Waals surface area contributed by atoms with Gasteiger partial charge in [-0.15, -0.1) is 5.10 Å². The van der Waals surface area contributed by atoms with Crippen LogP contribution in [0.5, 0.6) is 17.2 Å². The second kappa shape index (κ2) is 8.99. The highest BCUT2D eigenvalue weighted by atomic mass is 32.2. The number of fused-ring (bicyclic) bond motifs is 2. The molecule has 1 aliphatic heterocycles. The number of hydrogen-bond acceptors (Lipinski definition) is 8. The van der Waals surface area contributed by atoms with E-state index in [-0.39, 0.29) is 11.7 Å². The number of thioether (sulfide) groups is 1. The zero-order chi connectivity index (χ0) is 22.8. The number of nitrogens with one attached hydrogen (secondary N) is 1. The number of carbonyl (C=O) groups excluding carboxylic acids is 1. The van der Waals surface area contributed by atoms with Crippen molar-refractivity contribution in [3.8, 4) is 22.9 Å². The van der Waals surface area contributed by atoms with Crippen LogP contribution in [0.3, 0.4) is 0 Å². The van der Waals surface area contributed by atoms with Crippen LogP contribution >= 0.6 is 11.8 Å². The number of carbonyl (C=O) groups is 1. The number of ether oxygens (including phenoxy) is 3. The van der Waals surface area contributed by atoms with E-state index in [1.807, 2.05) is 31.2 Å². The Morgan fingerprint density at radius 2 is 1.97 bits per heavy atom. The van der Waals surface area contributed by atoms with E-state index >= 15 is 0 Å². The lowest BCUT2D eigenvalue weighted by molar-refractivity contribution is -0.113. The molecule has 0 saturated heterocycles. The quantitative estimate of drug-likeness (QED) is 0.433. The molecule has 1 N–H and O–H groups in total. The van der Waals surface area contributed by atoms with Gasteiger partial charge in [-0.1, -0.05) is 23.9 Å². The summed E-state index contributed by atoms with van der Waals surface area (Å²) < 4.78 is 18.4. The van der Waals surface area contributed by atoms with Gasteiger partial charge in [0.05, 0.1) is 24.8 Å². The van der Waals surface area contributed by atoms with E-state index in [1.165, 1.54) is 11.8 Å². The number of benzene rings is 2. The van der Waals surface area contributed by atoms with Crippen molar-refractivity contribution in [1.82, 2.24) is 20.0 Å². The van der Waals surface area contributed by atoms with E-state index in [2.05, 4.69) is 20.6 Å². The van der Waals surface area contributed by atoms with E-state index in [4.69, 9.17) is 14.2 Å². The number of aromatic nitrogens is 4. The maximum absolute atomic E-state index is 12.7. The molecule has 1 amide bonds. The largest absolute Gasteiger partial charge is 0.494 e. The van der Waals surface area contributed by atoms with Crippen molar-refractivity contribution in [2.45, 2.75) is 11.9 Å². The Hall–Kier alpha value is -3.79. The minimum absolute atomic E-state index is 0.151. The van der Waals surface area contributed by atoms with E-state index in [0.717, 1.165) is 22.3 Å². The first-order valence-corrected chi connectivity index (χ1v) is 11.3. The summed E-state index contributed by atoms with van der Waals surface area (Å²) in [6.07, 6.45) is 1.76. The lowest BCUT2D eigenvalue weighted by atomic mass is 10.2. The molecule has 0 spiro atoms. The van der Waals surface area contributed by atoms with Crippen molar-refractivity contribution >= 4 is 34.3 Å². The lowest BCUT2D eigenvalue weighted by Crippen LogP contribution is -2.17. The first-order valence-electron chi connectivity index (χ1n) is 10.3. The van der Waals surface area contributed by atoms with Gasteiger partial charge in [-0.2, -0.15) is 10.2 Å². The number of rotatable bonds is 6. The molecule has 5 rings (SSSR count). The number of aryl methyl sites for hydroxylation is 1. The second-order valence-corrected chi connectivity index (χ2v) is 8.24. The Labute approximate surface area is 194 Å². The summed E-state index contributed by atoms with van der Waals surface area (Å²) in [7, 11) is 1.62. The van der Waals surface area contributed by atoms with Gasteiger partial charge in [0.15, 0.2) is 11.5 Å². The number of nitrogens with zero attached hydrogens (tertiary/aromatic N) is 4. The maximum atomic E-state index is 12.7. The van der Waals surface area contributed by atoms with Crippen molar-refractivity contribution in [3.05, 3.63) is 54.4 Å². The first-order chi connectivity index (χ1) is 16.1. The monoisotopic (exact) mass is 463 g/mol. The Morgan fingerprint density at radius 3 is 2.82 bits per heavy atom. The summed E-state index contributed by atoms with van der Waals surface area (Å²) in [5.41, 5.74) is 2.97. The predicted molar refractivity (Wildman–Crippen MR) is 125 cm³/mol. The van der Waals surface area contributed by atoms with Crippen LogP contribution in [0.1, 0.15) is 5.69 Å². The van der Waals surface area contributed by atoms with Gasteiger partial charge in [0.1, 0.15) is 35.2 Å². The molecule has 4 aromatic rings. The van der Waals surface area contributed by atoms with Gasteiger partial charge in [0, 0.05) is 17.1 Å². The summed E-state index contributed by atoms with van der Waals surface area (Å²) in [4.78, 5) is 12.7. The molecule has 0 atom stereocenters. The molecule has 0 fully saturated rings. The van der Waals surface area contributed by atoms with Gasteiger partial charge < -0.3 is 19.5 Å². The van der Waals surface area contributed by atoms with E-state index in [0.29, 0.717) is 41.2 Å². The normalized spacial score (nSPS) is 12.5. The van der Waals surface area contributed by atoms with Crippen molar-refractivity contribution in [2.75, 3.05) is 31.4 Å². The Kier molecular flexibility index (Phi) is 5.74. The average Bonchev–Trinajstić information content (AvgIpc) is 3.30. The van der Waals surface area contributed by atoms with Crippen LogP contribution in [0, 0.1) is 6.92 Å². The molecule has 3 heterocycles. The van der Waals surface area contributed by atoms with Gasteiger partial charge in [0.25, 0.3) is 0 Å². The highest BCUT2D eigenvalue weighted by Crippen LogP contribution is 2.34. The van der Waals surface area contributed by atoms with Gasteiger partial charge in [-0.25, -0.2) is 4.68 Å². The van der Waals surface area contributed by atoms with Crippen LogP contribution in [0.2, 0.25) is 0 Å². The smallest absolute Gasteiger partial charge is 0.234 e. The van der Waals surface area contributed by atoms with E-state index in [9.17, 15) is 4.79 Å². The van der Waals surface area contributed by atoms with Crippen LogP contribution < -0.4 is 19.5 Å². The zero-order valence-corrected chi connectivity index (χ0v) is 18.9. The molecule has 33 heavy (non-hydrogen) atoms. The topological polar surface area (TPSA) is 100 Å². The van der Waals surface area contributed by atoms with Crippen LogP contribution in [0.25, 0.3) is 16.6 Å². The highest BCUT2D eigenvalue weighted by molar-refractivity contribution is 8.00. The molecule has 10 heteroatoms. The van der Waals surface area contributed by atoms with Gasteiger partial charge in [-0.3, -0.25) is 4.79 Å². The molecule has 0 aliphatic carbocycles. The second-order valence-electron chi connectivity index (χ2n) is 7.28. The molecule has 0 unspecified atom stereocenters. The fourth-order valence-electron chi connectivity index (χ4n) is 3.58. The highest BCUT2D eigenvalue weighted by Gasteiger charge is 2.18. The van der Waals surface area contributed by atoms with Gasteiger partial charge in [-0.05, 0) is 31.2 Å². The minimum Gasteiger partial charge on any atom is -0.494 e. The third-order valence-corrected chi connectivity index (χ3v) is 6.09. The Morgan fingerprint density at radius 1 is 1.15 bits per heavy atom. The van der Waals surface area contributed by atoms with Crippen LogP contribution in [-0.4, -0.2) is 52.0 Å². The number of para-hydroxylation sites is 2. The number of anilines is 1. The fourth-order valence-corrected chi connectivity index (χ4v) is 4.35. The minimum atomic E-state index is -0.171. The fraction of sp³-hybridized carbons (Fsp3) is 0.217. The summed E-state index contributed by atoms with van der Waals surface area (Å²) in [6, 6.07) is 13.0. The summed E-state index contributed by atoms with van der Waals surface area (Å²) in [5.74, 6) is 1.96. The number of hydrogen-bond donors (Lipinski definition) is 1. The van der Waals surface area contributed by atoms with Crippen LogP contribution in [-0.2, 0) is 4.79 Å². The standard InChI is InChI=1S/C23H21N5O4S/c1-14-16-12-24-28(17-5-3-4-6-18(17)30-2)22(16)23(27-26-14)33-13-21(29)25-15-7-8-19-20(11-15)32-10-9-31-19/h3-8,11-12H,9-10,13H2,1-2H3,(H,25,29). The first kappa shape index (κ1) is 21.1. The van der Waals surface area contributed by atoms with Crippen LogP contribution in [0.4, 0.5) is 5.69 Å². The molecule has 168 valence electrons.